The summed E-state index contributed by atoms with van der Waals surface area (Å²) >= 11 is 4.28. The second-order valence-corrected chi connectivity index (χ2v) is 10.0. The smallest absolute Gasteiger partial charge is 0.224 e. The van der Waals surface area contributed by atoms with Crippen molar-refractivity contribution in [3.8, 4) is 0 Å². The molecule has 2 atom stereocenters. The first-order valence-corrected chi connectivity index (χ1v) is 11.9. The molecule has 5 nitrogen and oxygen atoms in total. The average Bonchev–Trinajstić information content (AvgIpc) is 2.60. The molecular weight excluding hydrogens is 389 g/mol. The first kappa shape index (κ1) is 23.2. The maximum absolute atomic E-state index is 12.3. The van der Waals surface area contributed by atoms with Gasteiger partial charge in [-0.05, 0) is 49.5 Å². The molecule has 1 fully saturated rings. The molecule has 0 saturated heterocycles. The van der Waals surface area contributed by atoms with Crippen molar-refractivity contribution < 1.29 is 9.59 Å². The third-order valence-electron chi connectivity index (χ3n) is 5.51. The zero-order valence-electron chi connectivity index (χ0n) is 16.8. The third-order valence-corrected chi connectivity index (χ3v) is 6.88. The average molecular weight is 424 g/mol. The van der Waals surface area contributed by atoms with Gasteiger partial charge in [0.25, 0.3) is 0 Å². The maximum Gasteiger partial charge on any atom is 0.224 e. The Kier molecular flexibility index (Phi) is 9.26. The van der Waals surface area contributed by atoms with Gasteiger partial charge in [0.15, 0.2) is 5.52 Å². The van der Waals surface area contributed by atoms with Crippen molar-refractivity contribution in [3.63, 3.8) is 0 Å². The Morgan fingerprint density at radius 3 is 2.61 bits per heavy atom. The maximum atomic E-state index is 12.3. The Morgan fingerprint density at radius 2 is 1.96 bits per heavy atom. The van der Waals surface area contributed by atoms with Crippen LogP contribution in [0.3, 0.4) is 0 Å². The van der Waals surface area contributed by atoms with Gasteiger partial charge in [0.1, 0.15) is 0 Å². The number of carbonyl (C=O) groups excluding carboxylic acids is 2. The van der Waals surface area contributed by atoms with Gasteiger partial charge in [0, 0.05) is 34.7 Å². The number of hydrogen-bond acceptors (Lipinski definition) is 5. The topological polar surface area (TPSA) is 98.2 Å². The van der Waals surface area contributed by atoms with Crippen LogP contribution in [0.1, 0.15) is 64.7 Å². The molecule has 2 unspecified atom stereocenters. The van der Waals surface area contributed by atoms with E-state index in [0.717, 1.165) is 49.6 Å². The molecule has 2 rings (SSSR count). The molecule has 1 saturated carbocycles. The summed E-state index contributed by atoms with van der Waals surface area (Å²) in [5, 5.41) is 2.90. The monoisotopic (exact) mass is 423 g/mol. The molecule has 0 bridgehead atoms. The van der Waals surface area contributed by atoms with E-state index in [-0.39, 0.29) is 17.4 Å². The van der Waals surface area contributed by atoms with Gasteiger partial charge < -0.3 is 16.8 Å². The lowest BCUT2D eigenvalue weighted by atomic mass is 9.80. The van der Waals surface area contributed by atoms with Gasteiger partial charge in [-0.1, -0.05) is 41.2 Å². The fraction of sp³-hybridized carbons (Fsp3) is 0.619. The molecule has 1 aromatic rings. The lowest BCUT2D eigenvalue weighted by molar-refractivity contribution is -0.117. The molecule has 1 aromatic carbocycles. The van der Waals surface area contributed by atoms with Crippen LogP contribution in [0, 0.1) is 5.92 Å². The number of nitrogen functional groups attached to an aromatic ring is 1. The third kappa shape index (κ3) is 8.10. The lowest BCUT2D eigenvalue weighted by Crippen LogP contribution is -2.43. The van der Waals surface area contributed by atoms with Gasteiger partial charge in [-0.3, -0.25) is 9.59 Å². The Morgan fingerprint density at radius 1 is 1.25 bits per heavy atom. The molecule has 28 heavy (non-hydrogen) atoms. The van der Waals surface area contributed by atoms with Crippen LogP contribution in [0.2, 0.25) is 0 Å². The van der Waals surface area contributed by atoms with Crippen LogP contribution in [0.15, 0.2) is 23.1 Å². The van der Waals surface area contributed by atoms with E-state index in [2.05, 4.69) is 24.9 Å². The Bertz CT molecular complexity index is 657. The van der Waals surface area contributed by atoms with Crippen LogP contribution in [0.4, 0.5) is 11.4 Å². The summed E-state index contributed by atoms with van der Waals surface area (Å²) < 4.78 is 0. The molecule has 0 radical (unpaired) electrons. The zero-order chi connectivity index (χ0) is 20.6. The van der Waals surface area contributed by atoms with Crippen molar-refractivity contribution in [1.29, 1.82) is 0 Å². The Hall–Kier alpha value is -1.10. The first-order valence-electron chi connectivity index (χ1n) is 10.2. The van der Waals surface area contributed by atoms with Gasteiger partial charge in [0.05, 0.1) is 0 Å². The number of amides is 1. The van der Waals surface area contributed by atoms with E-state index in [1.807, 2.05) is 0 Å². The Labute approximate surface area is 176 Å². The molecule has 5 N–H and O–H groups in total. The summed E-state index contributed by atoms with van der Waals surface area (Å²) in [4.78, 5) is 25.4. The van der Waals surface area contributed by atoms with Crippen LogP contribution in [0.25, 0.3) is 0 Å². The molecular formula is C21H34N3O2PS. The predicted octanol–water partition coefficient (Wildman–Crippen LogP) is 4.56. The highest BCUT2D eigenvalue weighted by atomic mass is 32.1. The molecule has 156 valence electrons. The highest BCUT2D eigenvalue weighted by molar-refractivity contribution is 7.80. The molecule has 1 aliphatic rings. The normalized spacial score (nSPS) is 17.5. The molecule has 7 heteroatoms. The molecule has 0 aromatic heterocycles. The SMILES string of the molecule is CCC(CCPC(=O)CC1(N)CCCCC1)CC(=O)Nc1cc(N)cc(S)c1. The number of nitrogens with one attached hydrogen (secondary N) is 1. The summed E-state index contributed by atoms with van der Waals surface area (Å²) in [7, 11) is 0.296. The summed E-state index contributed by atoms with van der Waals surface area (Å²) in [6.07, 6.45) is 9.08. The fourth-order valence-electron chi connectivity index (χ4n) is 3.86. The van der Waals surface area contributed by atoms with E-state index in [1.54, 1.807) is 18.2 Å². The van der Waals surface area contributed by atoms with Crippen LogP contribution >= 0.6 is 21.2 Å². The Balaban J connectivity index is 1.72. The number of thiol groups is 1. The largest absolute Gasteiger partial charge is 0.399 e. The van der Waals surface area contributed by atoms with E-state index < -0.39 is 0 Å². The van der Waals surface area contributed by atoms with Crippen molar-refractivity contribution in [2.24, 2.45) is 11.7 Å². The van der Waals surface area contributed by atoms with Crippen LogP contribution < -0.4 is 16.8 Å². The van der Waals surface area contributed by atoms with Gasteiger partial charge in [-0.15, -0.1) is 12.6 Å². The van der Waals surface area contributed by atoms with Gasteiger partial charge in [-0.25, -0.2) is 0 Å². The number of anilines is 2. The van der Waals surface area contributed by atoms with Crippen molar-refractivity contribution in [1.82, 2.24) is 0 Å². The highest BCUT2D eigenvalue weighted by Crippen LogP contribution is 2.32. The standard InChI is InChI=1S/C21H34N3O2PS/c1-2-15(10-19(25)24-17-11-16(22)12-18(28)13-17)6-9-27-20(26)14-21(23)7-4-3-5-8-21/h11-13,15,27-28H,2-10,14,22-23H2,1H3,(H,24,25). The number of nitrogens with two attached hydrogens (primary N) is 2. The predicted molar refractivity (Wildman–Crippen MR) is 123 cm³/mol. The summed E-state index contributed by atoms with van der Waals surface area (Å²) in [6.45, 7) is 2.09. The quantitative estimate of drug-likeness (QED) is 0.252. The minimum atomic E-state index is -0.268. The number of carbonyl (C=O) groups is 2. The summed E-state index contributed by atoms with van der Waals surface area (Å²) in [5.74, 6) is 0.251. The molecule has 0 spiro atoms. The van der Waals surface area contributed by atoms with E-state index >= 15 is 0 Å². The van der Waals surface area contributed by atoms with E-state index in [0.29, 0.717) is 38.3 Å². The van der Waals surface area contributed by atoms with Gasteiger partial charge >= 0.3 is 0 Å². The minimum Gasteiger partial charge on any atom is -0.399 e. The number of benzene rings is 1. The second-order valence-electron chi connectivity index (χ2n) is 8.08. The van der Waals surface area contributed by atoms with Crippen LogP contribution in [-0.4, -0.2) is 23.1 Å². The van der Waals surface area contributed by atoms with Gasteiger partial charge in [0.2, 0.25) is 5.91 Å². The molecule has 1 amide bonds. The number of hydrogen-bond donors (Lipinski definition) is 4. The second kappa shape index (κ2) is 11.2. The van der Waals surface area contributed by atoms with Crippen molar-refractivity contribution >= 4 is 44.0 Å². The van der Waals surface area contributed by atoms with Crippen molar-refractivity contribution in [2.75, 3.05) is 17.2 Å². The highest BCUT2D eigenvalue weighted by Gasteiger charge is 2.29. The first-order chi connectivity index (χ1) is 13.3. The fourth-order valence-corrected chi connectivity index (χ4v) is 5.46. The van der Waals surface area contributed by atoms with Crippen LogP contribution in [-0.2, 0) is 9.59 Å². The molecule has 0 heterocycles. The zero-order valence-corrected chi connectivity index (χ0v) is 18.7. The minimum absolute atomic E-state index is 0.0250. The van der Waals surface area contributed by atoms with E-state index in [9.17, 15) is 9.59 Å². The van der Waals surface area contributed by atoms with Crippen LogP contribution in [0.5, 0.6) is 0 Å². The lowest BCUT2D eigenvalue weighted by Gasteiger charge is -2.32. The molecule has 0 aliphatic heterocycles. The molecule has 1 aliphatic carbocycles. The summed E-state index contributed by atoms with van der Waals surface area (Å²) in [6, 6.07) is 5.25. The van der Waals surface area contributed by atoms with E-state index in [4.69, 9.17) is 11.5 Å². The number of rotatable bonds is 10. The summed E-state index contributed by atoms with van der Waals surface area (Å²) in [5.41, 5.74) is 13.5. The van der Waals surface area contributed by atoms with Crippen molar-refractivity contribution in [3.05, 3.63) is 18.2 Å². The van der Waals surface area contributed by atoms with Crippen molar-refractivity contribution in [2.45, 2.75) is 75.1 Å². The van der Waals surface area contributed by atoms with E-state index in [1.165, 1.54) is 6.42 Å². The van der Waals surface area contributed by atoms with Gasteiger partial charge in [-0.2, -0.15) is 0 Å².